The zero-order valence-corrected chi connectivity index (χ0v) is 15.0. The van der Waals surface area contributed by atoms with Gasteiger partial charge < -0.3 is 14.8 Å². The quantitative estimate of drug-likeness (QED) is 0.317. The van der Waals surface area contributed by atoms with Gasteiger partial charge in [-0.3, -0.25) is 19.7 Å². The molecular formula is C17H15FN2O6S. The molecule has 0 aliphatic rings. The van der Waals surface area contributed by atoms with E-state index >= 15 is 0 Å². The lowest BCUT2D eigenvalue weighted by Crippen LogP contribution is -2.22. The van der Waals surface area contributed by atoms with Crippen LogP contribution in [0.25, 0.3) is 0 Å². The minimum absolute atomic E-state index is 0.0963. The van der Waals surface area contributed by atoms with Crippen molar-refractivity contribution in [3.8, 4) is 5.75 Å². The molecule has 2 aromatic carbocycles. The normalized spacial score (nSPS) is 10.1. The first-order chi connectivity index (χ1) is 12.9. The van der Waals surface area contributed by atoms with Gasteiger partial charge in [0.2, 0.25) is 0 Å². The fourth-order valence-electron chi connectivity index (χ4n) is 1.97. The van der Waals surface area contributed by atoms with Gasteiger partial charge in [-0.2, -0.15) is 0 Å². The molecule has 8 nitrogen and oxygen atoms in total. The molecule has 0 atom stereocenters. The maximum absolute atomic E-state index is 13.5. The fraction of sp³-hybridized carbons (Fsp3) is 0.176. The topological polar surface area (TPSA) is 108 Å². The Morgan fingerprint density at radius 1 is 1.26 bits per heavy atom. The second kappa shape index (κ2) is 9.53. The number of hydrogen-bond acceptors (Lipinski definition) is 7. The van der Waals surface area contributed by atoms with Crippen molar-refractivity contribution in [2.75, 3.05) is 24.8 Å². The van der Waals surface area contributed by atoms with Gasteiger partial charge in [0.25, 0.3) is 11.6 Å². The number of nitrogens with one attached hydrogen (secondary N) is 1. The second-order valence-corrected chi connectivity index (χ2v) is 6.09. The maximum Gasteiger partial charge on any atom is 0.316 e. The molecule has 0 radical (unpaired) electrons. The van der Waals surface area contributed by atoms with Crippen LogP contribution in [0, 0.1) is 15.9 Å². The molecule has 2 rings (SSSR count). The molecule has 1 N–H and O–H groups in total. The SMILES string of the molecule is COc1cc([N+](=O)[O-])ccc1NC(=O)COC(=O)CSc1ccccc1F. The summed E-state index contributed by atoms with van der Waals surface area (Å²) in [7, 11) is 1.30. The molecule has 0 aliphatic carbocycles. The van der Waals surface area contributed by atoms with Crippen molar-refractivity contribution >= 4 is 35.0 Å². The summed E-state index contributed by atoms with van der Waals surface area (Å²) in [6, 6.07) is 9.66. The Morgan fingerprint density at radius 3 is 2.67 bits per heavy atom. The van der Waals surface area contributed by atoms with Gasteiger partial charge in [-0.1, -0.05) is 12.1 Å². The van der Waals surface area contributed by atoms with Crippen LogP contribution in [-0.4, -0.2) is 36.3 Å². The third kappa shape index (κ3) is 5.96. The molecular weight excluding hydrogens is 379 g/mol. The summed E-state index contributed by atoms with van der Waals surface area (Å²) in [5.41, 5.74) is 0.00586. The van der Waals surface area contributed by atoms with Crippen molar-refractivity contribution in [1.29, 1.82) is 0 Å². The molecule has 0 spiro atoms. The Balaban J connectivity index is 1.84. The van der Waals surface area contributed by atoms with E-state index in [0.29, 0.717) is 4.90 Å². The summed E-state index contributed by atoms with van der Waals surface area (Å²) in [5.74, 6) is -1.84. The summed E-state index contributed by atoms with van der Waals surface area (Å²) in [6.07, 6.45) is 0. The number of anilines is 1. The molecule has 142 valence electrons. The zero-order valence-electron chi connectivity index (χ0n) is 14.1. The number of methoxy groups -OCH3 is 1. The Hall–Kier alpha value is -3.14. The van der Waals surface area contributed by atoms with Gasteiger partial charge in [-0.25, -0.2) is 4.39 Å². The maximum atomic E-state index is 13.5. The monoisotopic (exact) mass is 394 g/mol. The number of nitrogens with zero attached hydrogens (tertiary/aromatic N) is 1. The van der Waals surface area contributed by atoms with Crippen LogP contribution in [-0.2, 0) is 14.3 Å². The molecule has 0 aromatic heterocycles. The van der Waals surface area contributed by atoms with E-state index in [4.69, 9.17) is 9.47 Å². The van der Waals surface area contributed by atoms with Gasteiger partial charge in [-0.05, 0) is 18.2 Å². The summed E-state index contributed by atoms with van der Waals surface area (Å²) >= 11 is 0.956. The summed E-state index contributed by atoms with van der Waals surface area (Å²) < 4.78 is 23.3. The van der Waals surface area contributed by atoms with Crippen LogP contribution in [0.15, 0.2) is 47.4 Å². The van der Waals surface area contributed by atoms with Crippen LogP contribution >= 0.6 is 11.8 Å². The van der Waals surface area contributed by atoms with Gasteiger partial charge in [0.15, 0.2) is 6.61 Å². The number of hydrogen-bond donors (Lipinski definition) is 1. The molecule has 0 fully saturated rings. The first-order valence-corrected chi connectivity index (χ1v) is 8.54. The van der Waals surface area contributed by atoms with E-state index in [0.717, 1.165) is 17.8 Å². The Kier molecular flexibility index (Phi) is 7.12. The highest BCUT2D eigenvalue weighted by molar-refractivity contribution is 8.00. The number of carbonyl (C=O) groups excluding carboxylic acids is 2. The number of carbonyl (C=O) groups is 2. The number of halogens is 1. The lowest BCUT2D eigenvalue weighted by Gasteiger charge is -2.10. The van der Waals surface area contributed by atoms with E-state index in [1.807, 2.05) is 0 Å². The fourth-order valence-corrected chi connectivity index (χ4v) is 2.71. The van der Waals surface area contributed by atoms with Crippen LogP contribution in [0.5, 0.6) is 5.75 Å². The standard InChI is InChI=1S/C17H15FN2O6S/c1-25-14-8-11(20(23)24)6-7-13(14)19-16(21)9-26-17(22)10-27-15-5-3-2-4-12(15)18/h2-8H,9-10H2,1H3,(H,19,21). The van der Waals surface area contributed by atoms with E-state index in [-0.39, 0.29) is 22.9 Å². The summed E-state index contributed by atoms with van der Waals surface area (Å²) in [5, 5.41) is 13.2. The van der Waals surface area contributed by atoms with Gasteiger partial charge in [-0.15, -0.1) is 11.8 Å². The van der Waals surface area contributed by atoms with Crippen molar-refractivity contribution in [3.05, 3.63) is 58.4 Å². The van der Waals surface area contributed by atoms with Gasteiger partial charge >= 0.3 is 5.97 Å². The van der Waals surface area contributed by atoms with Crippen molar-refractivity contribution < 1.29 is 28.4 Å². The lowest BCUT2D eigenvalue weighted by molar-refractivity contribution is -0.384. The number of nitro benzene ring substituents is 1. The third-order valence-corrected chi connectivity index (χ3v) is 4.24. The smallest absolute Gasteiger partial charge is 0.316 e. The highest BCUT2D eigenvalue weighted by Crippen LogP contribution is 2.29. The van der Waals surface area contributed by atoms with Crippen molar-refractivity contribution in [1.82, 2.24) is 0 Å². The van der Waals surface area contributed by atoms with Crippen LogP contribution in [0.3, 0.4) is 0 Å². The molecule has 0 saturated heterocycles. The number of amides is 1. The predicted octanol–water partition coefficient (Wildman–Crippen LogP) is 3.02. The predicted molar refractivity (Wildman–Crippen MR) is 96.4 cm³/mol. The molecule has 0 saturated carbocycles. The Bertz CT molecular complexity index is 861. The highest BCUT2D eigenvalue weighted by Gasteiger charge is 2.15. The molecule has 2 aromatic rings. The molecule has 10 heteroatoms. The first-order valence-electron chi connectivity index (χ1n) is 7.56. The third-order valence-electron chi connectivity index (χ3n) is 3.22. The van der Waals surface area contributed by atoms with E-state index in [1.54, 1.807) is 6.07 Å². The van der Waals surface area contributed by atoms with Crippen molar-refractivity contribution in [2.24, 2.45) is 0 Å². The van der Waals surface area contributed by atoms with Crippen LogP contribution < -0.4 is 10.1 Å². The number of nitro groups is 1. The highest BCUT2D eigenvalue weighted by atomic mass is 32.2. The van der Waals surface area contributed by atoms with E-state index < -0.39 is 29.2 Å². The van der Waals surface area contributed by atoms with Gasteiger partial charge in [0, 0.05) is 11.0 Å². The van der Waals surface area contributed by atoms with Crippen molar-refractivity contribution in [3.63, 3.8) is 0 Å². The van der Waals surface area contributed by atoms with E-state index in [2.05, 4.69) is 5.32 Å². The first kappa shape index (κ1) is 20.2. The number of non-ortho nitro benzene ring substituents is 1. The Morgan fingerprint density at radius 2 is 2.00 bits per heavy atom. The van der Waals surface area contributed by atoms with E-state index in [1.165, 1.54) is 37.4 Å². The van der Waals surface area contributed by atoms with Crippen LogP contribution in [0.2, 0.25) is 0 Å². The minimum atomic E-state index is -0.686. The number of thioether (sulfide) groups is 1. The van der Waals surface area contributed by atoms with Crippen LogP contribution in [0.4, 0.5) is 15.8 Å². The molecule has 0 unspecified atom stereocenters. The summed E-state index contributed by atoms with van der Waals surface area (Å²) in [6.45, 7) is -0.559. The largest absolute Gasteiger partial charge is 0.494 e. The van der Waals surface area contributed by atoms with Crippen molar-refractivity contribution in [2.45, 2.75) is 4.90 Å². The molecule has 0 aliphatic heterocycles. The zero-order chi connectivity index (χ0) is 19.8. The molecule has 0 bridgehead atoms. The summed E-state index contributed by atoms with van der Waals surface area (Å²) in [4.78, 5) is 34.0. The minimum Gasteiger partial charge on any atom is -0.494 e. The lowest BCUT2D eigenvalue weighted by atomic mass is 10.2. The van der Waals surface area contributed by atoms with Gasteiger partial charge in [0.05, 0.1) is 29.5 Å². The van der Waals surface area contributed by atoms with E-state index in [9.17, 15) is 24.1 Å². The average molecular weight is 394 g/mol. The van der Waals surface area contributed by atoms with Gasteiger partial charge in [0.1, 0.15) is 11.6 Å². The molecule has 27 heavy (non-hydrogen) atoms. The Labute approximate surface area is 157 Å². The van der Waals surface area contributed by atoms with Crippen LogP contribution in [0.1, 0.15) is 0 Å². The number of esters is 1. The second-order valence-electron chi connectivity index (χ2n) is 5.07. The number of benzene rings is 2. The number of rotatable bonds is 8. The molecule has 1 amide bonds. The average Bonchev–Trinajstić information content (AvgIpc) is 2.65. The molecule has 0 heterocycles. The number of ether oxygens (including phenoxy) is 2.